The molecule has 88 valence electrons. The van der Waals surface area contributed by atoms with Crippen molar-refractivity contribution in [1.29, 1.82) is 0 Å². The average Bonchev–Trinajstić information content (AvgIpc) is 2.84. The number of carbonyl (C=O) groups is 1. The van der Waals surface area contributed by atoms with Crippen LogP contribution in [0, 0.1) is 11.8 Å². The number of rotatable bonds is 5. The van der Waals surface area contributed by atoms with Crippen LogP contribution in [0.15, 0.2) is 0 Å². The van der Waals surface area contributed by atoms with Crippen molar-refractivity contribution in [2.45, 2.75) is 46.1 Å². The van der Waals surface area contributed by atoms with Gasteiger partial charge in [0.25, 0.3) is 0 Å². The summed E-state index contributed by atoms with van der Waals surface area (Å²) in [5.41, 5.74) is -0.401. The van der Waals surface area contributed by atoms with Crippen LogP contribution >= 0.6 is 0 Å². The maximum atomic E-state index is 11.5. The molecule has 0 aromatic carbocycles. The maximum Gasteiger partial charge on any atom is 0.311 e. The van der Waals surface area contributed by atoms with E-state index in [4.69, 9.17) is 9.47 Å². The second-order valence-corrected chi connectivity index (χ2v) is 5.42. The van der Waals surface area contributed by atoms with Gasteiger partial charge in [0.1, 0.15) is 5.60 Å². The predicted molar refractivity (Wildman–Crippen MR) is 58.6 cm³/mol. The molecule has 0 aromatic rings. The monoisotopic (exact) mass is 214 g/mol. The van der Waals surface area contributed by atoms with E-state index in [1.165, 1.54) is 12.8 Å². The summed E-state index contributed by atoms with van der Waals surface area (Å²) in [5, 5.41) is 0. The summed E-state index contributed by atoms with van der Waals surface area (Å²) in [7, 11) is 0. The van der Waals surface area contributed by atoms with Gasteiger partial charge in [-0.2, -0.15) is 0 Å². The standard InChI is InChI=1S/C12H22O3/c1-9(7-14-8-10-5-6-10)11(13)15-12(2,3)4/h9-10H,5-8H2,1-4H3. The molecule has 3 heteroatoms. The molecule has 1 fully saturated rings. The van der Waals surface area contributed by atoms with Gasteiger partial charge in [0.2, 0.25) is 0 Å². The van der Waals surface area contributed by atoms with Crippen molar-refractivity contribution in [3.63, 3.8) is 0 Å². The first-order valence-electron chi connectivity index (χ1n) is 5.69. The van der Waals surface area contributed by atoms with Gasteiger partial charge in [-0.3, -0.25) is 4.79 Å². The SMILES string of the molecule is CC(COCC1CC1)C(=O)OC(C)(C)C. The van der Waals surface area contributed by atoms with Gasteiger partial charge < -0.3 is 9.47 Å². The number of carbonyl (C=O) groups excluding carboxylic acids is 1. The first kappa shape index (κ1) is 12.5. The summed E-state index contributed by atoms with van der Waals surface area (Å²) >= 11 is 0. The van der Waals surface area contributed by atoms with E-state index in [2.05, 4.69) is 0 Å². The fourth-order valence-electron chi connectivity index (χ4n) is 1.17. The Hall–Kier alpha value is -0.570. The van der Waals surface area contributed by atoms with Gasteiger partial charge in [-0.05, 0) is 46.5 Å². The molecule has 0 spiro atoms. The van der Waals surface area contributed by atoms with Crippen molar-refractivity contribution < 1.29 is 14.3 Å². The Balaban J connectivity index is 2.13. The molecule has 1 rings (SSSR count). The summed E-state index contributed by atoms with van der Waals surface area (Å²) < 4.78 is 10.7. The summed E-state index contributed by atoms with van der Waals surface area (Å²) in [6.45, 7) is 8.76. The Morgan fingerprint density at radius 2 is 2.00 bits per heavy atom. The molecule has 0 bridgehead atoms. The second-order valence-electron chi connectivity index (χ2n) is 5.42. The normalized spacial score (nSPS) is 18.7. The molecule has 0 aliphatic heterocycles. The zero-order valence-electron chi connectivity index (χ0n) is 10.2. The van der Waals surface area contributed by atoms with E-state index < -0.39 is 5.60 Å². The maximum absolute atomic E-state index is 11.5. The molecule has 1 aliphatic carbocycles. The zero-order valence-corrected chi connectivity index (χ0v) is 10.2. The quantitative estimate of drug-likeness (QED) is 0.659. The highest BCUT2D eigenvalue weighted by atomic mass is 16.6. The third kappa shape index (κ3) is 5.78. The van der Waals surface area contributed by atoms with E-state index in [9.17, 15) is 4.79 Å². The molecule has 15 heavy (non-hydrogen) atoms. The largest absolute Gasteiger partial charge is 0.460 e. The van der Waals surface area contributed by atoms with Crippen LogP contribution < -0.4 is 0 Å². The molecule has 1 unspecified atom stereocenters. The van der Waals surface area contributed by atoms with Gasteiger partial charge in [0, 0.05) is 6.61 Å². The van der Waals surface area contributed by atoms with Crippen molar-refractivity contribution in [2.24, 2.45) is 11.8 Å². The third-order valence-electron chi connectivity index (χ3n) is 2.23. The first-order chi connectivity index (χ1) is 6.88. The van der Waals surface area contributed by atoms with Gasteiger partial charge in [-0.25, -0.2) is 0 Å². The van der Waals surface area contributed by atoms with E-state index in [1.807, 2.05) is 27.7 Å². The van der Waals surface area contributed by atoms with Crippen molar-refractivity contribution in [2.75, 3.05) is 13.2 Å². The molecule has 0 aromatic heterocycles. The van der Waals surface area contributed by atoms with Crippen LogP contribution in [0.3, 0.4) is 0 Å². The first-order valence-corrected chi connectivity index (χ1v) is 5.69. The van der Waals surface area contributed by atoms with Crippen LogP contribution in [-0.4, -0.2) is 24.8 Å². The number of hydrogen-bond acceptors (Lipinski definition) is 3. The number of ether oxygens (including phenoxy) is 2. The van der Waals surface area contributed by atoms with Gasteiger partial charge >= 0.3 is 5.97 Å². The lowest BCUT2D eigenvalue weighted by atomic mass is 10.1. The van der Waals surface area contributed by atoms with E-state index in [0.717, 1.165) is 12.5 Å². The van der Waals surface area contributed by atoms with E-state index in [0.29, 0.717) is 6.61 Å². The van der Waals surface area contributed by atoms with Gasteiger partial charge in [-0.15, -0.1) is 0 Å². The molecule has 0 heterocycles. The number of esters is 1. The smallest absolute Gasteiger partial charge is 0.311 e. The molecule has 1 atom stereocenters. The van der Waals surface area contributed by atoms with Crippen LogP contribution in [0.25, 0.3) is 0 Å². The lowest BCUT2D eigenvalue weighted by molar-refractivity contribution is -0.161. The summed E-state index contributed by atoms with van der Waals surface area (Å²) in [6, 6.07) is 0. The lowest BCUT2D eigenvalue weighted by Gasteiger charge is -2.22. The minimum atomic E-state index is -0.401. The summed E-state index contributed by atoms with van der Waals surface area (Å²) in [4.78, 5) is 11.5. The van der Waals surface area contributed by atoms with Crippen LogP contribution in [-0.2, 0) is 14.3 Å². The number of hydrogen-bond donors (Lipinski definition) is 0. The highest BCUT2D eigenvalue weighted by molar-refractivity contribution is 5.72. The topological polar surface area (TPSA) is 35.5 Å². The van der Waals surface area contributed by atoms with Crippen molar-refractivity contribution in [3.05, 3.63) is 0 Å². The zero-order chi connectivity index (χ0) is 11.5. The molecule has 3 nitrogen and oxygen atoms in total. The predicted octanol–water partition coefficient (Wildman–Crippen LogP) is 2.39. The van der Waals surface area contributed by atoms with E-state index in [1.54, 1.807) is 0 Å². The Kier molecular flexibility index (Phi) is 4.14. The molecule has 1 saturated carbocycles. The van der Waals surface area contributed by atoms with Crippen LogP contribution in [0.4, 0.5) is 0 Å². The summed E-state index contributed by atoms with van der Waals surface area (Å²) in [6.07, 6.45) is 2.56. The fraction of sp³-hybridized carbons (Fsp3) is 0.917. The molecule has 0 N–H and O–H groups in total. The minimum Gasteiger partial charge on any atom is -0.460 e. The molecular formula is C12H22O3. The van der Waals surface area contributed by atoms with Crippen molar-refractivity contribution in [1.82, 2.24) is 0 Å². The van der Waals surface area contributed by atoms with Crippen molar-refractivity contribution in [3.8, 4) is 0 Å². The molecule has 1 aliphatic rings. The Bertz CT molecular complexity index is 213. The highest BCUT2D eigenvalue weighted by Gasteiger charge is 2.24. The van der Waals surface area contributed by atoms with Crippen LogP contribution in [0.5, 0.6) is 0 Å². The van der Waals surface area contributed by atoms with Crippen molar-refractivity contribution >= 4 is 5.97 Å². The minimum absolute atomic E-state index is 0.164. The van der Waals surface area contributed by atoms with Gasteiger partial charge in [0.15, 0.2) is 0 Å². The summed E-state index contributed by atoms with van der Waals surface area (Å²) in [5.74, 6) is 0.414. The molecular weight excluding hydrogens is 192 g/mol. The Morgan fingerprint density at radius 1 is 1.40 bits per heavy atom. The lowest BCUT2D eigenvalue weighted by Crippen LogP contribution is -2.29. The highest BCUT2D eigenvalue weighted by Crippen LogP contribution is 2.28. The molecule has 0 radical (unpaired) electrons. The molecule has 0 amide bonds. The Morgan fingerprint density at radius 3 is 2.47 bits per heavy atom. The average molecular weight is 214 g/mol. The third-order valence-corrected chi connectivity index (χ3v) is 2.23. The van der Waals surface area contributed by atoms with Crippen LogP contribution in [0.1, 0.15) is 40.5 Å². The Labute approximate surface area is 92.1 Å². The molecule has 0 saturated heterocycles. The fourth-order valence-corrected chi connectivity index (χ4v) is 1.17. The van der Waals surface area contributed by atoms with Gasteiger partial charge in [-0.1, -0.05) is 0 Å². The van der Waals surface area contributed by atoms with E-state index >= 15 is 0 Å². The van der Waals surface area contributed by atoms with Crippen LogP contribution in [0.2, 0.25) is 0 Å². The second kappa shape index (κ2) is 4.97. The van der Waals surface area contributed by atoms with Gasteiger partial charge in [0.05, 0.1) is 12.5 Å². The van der Waals surface area contributed by atoms with E-state index in [-0.39, 0.29) is 11.9 Å².